The van der Waals surface area contributed by atoms with Crippen molar-refractivity contribution in [3.63, 3.8) is 0 Å². The number of carbonyl (C=O) groups excluding carboxylic acids is 1. The van der Waals surface area contributed by atoms with Gasteiger partial charge in [0.05, 0.1) is 0 Å². The number of carbonyl (C=O) groups is 1. The van der Waals surface area contributed by atoms with Gasteiger partial charge in [0.1, 0.15) is 11.3 Å². The van der Waals surface area contributed by atoms with Crippen molar-refractivity contribution in [2.24, 2.45) is 7.05 Å². The van der Waals surface area contributed by atoms with Crippen LogP contribution < -0.4 is 0 Å². The highest BCUT2D eigenvalue weighted by Crippen LogP contribution is 2.29. The third-order valence-electron chi connectivity index (χ3n) is 4.59. The first-order valence-electron chi connectivity index (χ1n) is 7.95. The molecule has 3 heterocycles. The first kappa shape index (κ1) is 15.1. The SMILES string of the molecule is Cn1c(C2CCN(C(=O)c3ccc(Cl)cc3)C2)nc2cccnc21. The van der Waals surface area contributed by atoms with Gasteiger partial charge >= 0.3 is 0 Å². The van der Waals surface area contributed by atoms with Gasteiger partial charge in [-0.25, -0.2) is 9.97 Å². The molecule has 5 nitrogen and oxygen atoms in total. The van der Waals surface area contributed by atoms with Crippen molar-refractivity contribution in [3.05, 3.63) is 59.0 Å². The monoisotopic (exact) mass is 340 g/mol. The maximum atomic E-state index is 12.6. The summed E-state index contributed by atoms with van der Waals surface area (Å²) in [6.45, 7) is 1.42. The minimum absolute atomic E-state index is 0.0473. The third kappa shape index (κ3) is 2.55. The van der Waals surface area contributed by atoms with Crippen molar-refractivity contribution in [1.82, 2.24) is 19.4 Å². The number of amides is 1. The number of rotatable bonds is 2. The van der Waals surface area contributed by atoms with Crippen LogP contribution in [0.3, 0.4) is 0 Å². The van der Waals surface area contributed by atoms with E-state index in [-0.39, 0.29) is 11.8 Å². The highest BCUT2D eigenvalue weighted by Gasteiger charge is 2.31. The van der Waals surface area contributed by atoms with Gasteiger partial charge in [0.2, 0.25) is 0 Å². The number of hydrogen-bond donors (Lipinski definition) is 0. The molecule has 4 rings (SSSR count). The summed E-state index contributed by atoms with van der Waals surface area (Å²) in [7, 11) is 1.99. The van der Waals surface area contributed by atoms with Crippen molar-refractivity contribution in [2.45, 2.75) is 12.3 Å². The first-order chi connectivity index (χ1) is 11.6. The van der Waals surface area contributed by atoms with Gasteiger partial charge in [0.15, 0.2) is 5.65 Å². The topological polar surface area (TPSA) is 51.0 Å². The zero-order valence-electron chi connectivity index (χ0n) is 13.3. The number of likely N-dealkylation sites (tertiary alicyclic amines) is 1. The van der Waals surface area contributed by atoms with Crippen LogP contribution in [0, 0.1) is 0 Å². The van der Waals surface area contributed by atoms with E-state index in [0.717, 1.165) is 30.0 Å². The Labute approximate surface area is 144 Å². The summed E-state index contributed by atoms with van der Waals surface area (Å²) in [5, 5.41) is 0.637. The number of imidazole rings is 1. The average molecular weight is 341 g/mol. The maximum Gasteiger partial charge on any atom is 0.253 e. The van der Waals surface area contributed by atoms with Crippen LogP contribution in [0.25, 0.3) is 11.2 Å². The highest BCUT2D eigenvalue weighted by atomic mass is 35.5. The second-order valence-corrected chi connectivity index (χ2v) is 6.56. The fraction of sp³-hybridized carbons (Fsp3) is 0.278. The fourth-order valence-corrected chi connectivity index (χ4v) is 3.46. The van der Waals surface area contributed by atoms with Crippen LogP contribution in [-0.4, -0.2) is 38.4 Å². The van der Waals surface area contributed by atoms with Crippen LogP contribution >= 0.6 is 11.6 Å². The number of fused-ring (bicyclic) bond motifs is 1. The summed E-state index contributed by atoms with van der Waals surface area (Å²) >= 11 is 5.89. The summed E-state index contributed by atoms with van der Waals surface area (Å²) in [6.07, 6.45) is 2.69. The number of benzene rings is 1. The molecular weight excluding hydrogens is 324 g/mol. The molecular formula is C18H17ClN4O. The third-order valence-corrected chi connectivity index (χ3v) is 4.85. The predicted molar refractivity (Wildman–Crippen MR) is 93.2 cm³/mol. The van der Waals surface area contributed by atoms with Crippen molar-refractivity contribution >= 4 is 28.7 Å². The van der Waals surface area contributed by atoms with E-state index in [1.807, 2.05) is 28.6 Å². The predicted octanol–water partition coefficient (Wildman–Crippen LogP) is 3.25. The average Bonchev–Trinajstić information content (AvgIpc) is 3.20. The van der Waals surface area contributed by atoms with Crippen molar-refractivity contribution in [3.8, 4) is 0 Å². The number of halogens is 1. The molecule has 1 unspecified atom stereocenters. The second-order valence-electron chi connectivity index (χ2n) is 6.12. The molecule has 0 spiro atoms. The van der Waals surface area contributed by atoms with Crippen molar-refractivity contribution < 1.29 is 4.79 Å². The molecule has 6 heteroatoms. The molecule has 24 heavy (non-hydrogen) atoms. The van der Waals surface area contributed by atoms with E-state index >= 15 is 0 Å². The van der Waals surface area contributed by atoms with E-state index in [1.54, 1.807) is 30.5 Å². The van der Waals surface area contributed by atoms with E-state index < -0.39 is 0 Å². The smallest absolute Gasteiger partial charge is 0.253 e. The molecule has 1 aliphatic rings. The first-order valence-corrected chi connectivity index (χ1v) is 8.33. The molecule has 0 radical (unpaired) electrons. The fourth-order valence-electron chi connectivity index (χ4n) is 3.34. The molecule has 0 bridgehead atoms. The van der Waals surface area contributed by atoms with Gasteiger partial charge in [-0.15, -0.1) is 0 Å². The summed E-state index contributed by atoms with van der Waals surface area (Å²) < 4.78 is 2.04. The maximum absolute atomic E-state index is 12.6. The van der Waals surface area contributed by atoms with Gasteiger partial charge in [0, 0.05) is 42.8 Å². The van der Waals surface area contributed by atoms with Gasteiger partial charge in [-0.05, 0) is 42.8 Å². The van der Waals surface area contributed by atoms with Gasteiger partial charge in [-0.3, -0.25) is 4.79 Å². The molecule has 1 atom stereocenters. The van der Waals surface area contributed by atoms with Crippen LogP contribution in [0.1, 0.15) is 28.5 Å². The summed E-state index contributed by atoms with van der Waals surface area (Å²) in [4.78, 5) is 23.6. The van der Waals surface area contributed by atoms with Crippen LogP contribution in [0.2, 0.25) is 5.02 Å². The number of aromatic nitrogens is 3. The molecule has 0 aliphatic carbocycles. The molecule has 1 aliphatic heterocycles. The van der Waals surface area contributed by atoms with Crippen molar-refractivity contribution in [1.29, 1.82) is 0 Å². The highest BCUT2D eigenvalue weighted by molar-refractivity contribution is 6.30. The van der Waals surface area contributed by atoms with Crippen LogP contribution in [-0.2, 0) is 7.05 Å². The van der Waals surface area contributed by atoms with Gasteiger partial charge < -0.3 is 9.47 Å². The lowest BCUT2D eigenvalue weighted by atomic mass is 10.1. The number of aryl methyl sites for hydroxylation is 1. The number of hydrogen-bond acceptors (Lipinski definition) is 3. The van der Waals surface area contributed by atoms with Crippen LogP contribution in [0.5, 0.6) is 0 Å². The zero-order valence-corrected chi connectivity index (χ0v) is 14.1. The lowest BCUT2D eigenvalue weighted by Crippen LogP contribution is -2.28. The van der Waals surface area contributed by atoms with Gasteiger partial charge in [-0.2, -0.15) is 0 Å². The molecule has 2 aromatic heterocycles. The summed E-state index contributed by atoms with van der Waals surface area (Å²) in [5.41, 5.74) is 2.46. The standard InChI is InChI=1S/C18H17ClN4O/c1-22-16(21-15-3-2-9-20-17(15)22)13-8-10-23(11-13)18(24)12-4-6-14(19)7-5-12/h2-7,9,13H,8,10-11H2,1H3. The second kappa shape index (κ2) is 5.91. The molecule has 122 valence electrons. The number of nitrogens with zero attached hydrogens (tertiary/aromatic N) is 4. The molecule has 1 amide bonds. The van der Waals surface area contributed by atoms with Crippen LogP contribution in [0.15, 0.2) is 42.6 Å². The largest absolute Gasteiger partial charge is 0.338 e. The Morgan fingerprint density at radius 1 is 1.25 bits per heavy atom. The van der Waals surface area contributed by atoms with Crippen LogP contribution in [0.4, 0.5) is 0 Å². The molecule has 1 aromatic carbocycles. The number of pyridine rings is 1. The lowest BCUT2D eigenvalue weighted by Gasteiger charge is -2.16. The molecule has 0 N–H and O–H groups in total. The Balaban J connectivity index is 1.56. The Kier molecular flexibility index (Phi) is 3.73. The van der Waals surface area contributed by atoms with E-state index in [1.165, 1.54) is 0 Å². The summed E-state index contributed by atoms with van der Waals surface area (Å²) in [5.74, 6) is 1.28. The molecule has 3 aromatic rings. The Morgan fingerprint density at radius 3 is 2.79 bits per heavy atom. The van der Waals surface area contributed by atoms with Crippen molar-refractivity contribution in [2.75, 3.05) is 13.1 Å². The van der Waals surface area contributed by atoms with E-state index in [0.29, 0.717) is 17.1 Å². The quantitative estimate of drug-likeness (QED) is 0.719. The van der Waals surface area contributed by atoms with E-state index in [2.05, 4.69) is 4.98 Å². The van der Waals surface area contributed by atoms with Gasteiger partial charge in [-0.1, -0.05) is 11.6 Å². The Bertz CT molecular complexity index is 903. The lowest BCUT2D eigenvalue weighted by molar-refractivity contribution is 0.0790. The molecule has 0 saturated carbocycles. The van der Waals surface area contributed by atoms with E-state index in [4.69, 9.17) is 16.6 Å². The minimum atomic E-state index is 0.0473. The van der Waals surface area contributed by atoms with Gasteiger partial charge in [0.25, 0.3) is 5.91 Å². The molecule has 1 fully saturated rings. The normalized spacial score (nSPS) is 17.6. The Hall–Kier alpha value is -2.40. The summed E-state index contributed by atoms with van der Waals surface area (Å²) in [6, 6.07) is 10.9. The van der Waals surface area contributed by atoms with E-state index in [9.17, 15) is 4.79 Å². The minimum Gasteiger partial charge on any atom is -0.338 e. The zero-order chi connectivity index (χ0) is 16.7. The Morgan fingerprint density at radius 2 is 2.04 bits per heavy atom. The molecule has 1 saturated heterocycles.